The van der Waals surface area contributed by atoms with Gasteiger partial charge in [0.1, 0.15) is 20.2 Å². The number of hydrogen-bond donors (Lipinski definition) is 0. The number of rotatable bonds is 30. The summed E-state index contributed by atoms with van der Waals surface area (Å²) in [6.07, 6.45) is 32.8. The van der Waals surface area contributed by atoms with Gasteiger partial charge in [0.15, 0.2) is 0 Å². The number of benzene rings is 4. The minimum absolute atomic E-state index is 0. The molecule has 0 spiro atoms. The molecule has 9 heteroatoms. The van der Waals surface area contributed by atoms with Gasteiger partial charge < -0.3 is 9.11 Å². The first-order valence-corrected chi connectivity index (χ1v) is 26.8. The van der Waals surface area contributed by atoms with Crippen molar-refractivity contribution >= 4 is 90.7 Å². The van der Waals surface area contributed by atoms with Crippen LogP contribution in [0.4, 0.5) is 0 Å². The summed E-state index contributed by atoms with van der Waals surface area (Å²) in [4.78, 5) is -0.100. The predicted octanol–water partition coefficient (Wildman–Crippen LogP) is 14.7. The van der Waals surface area contributed by atoms with Crippen molar-refractivity contribution in [3.8, 4) is 0 Å². The molecule has 0 unspecified atom stereocenters. The quantitative estimate of drug-likeness (QED) is 0.0292. The maximum atomic E-state index is 12.0. The molecule has 0 heterocycles. The molecule has 0 aliphatic carbocycles. The van der Waals surface area contributed by atoms with E-state index in [1.54, 1.807) is 12.1 Å². The third-order valence-corrected chi connectivity index (χ3v) is 13.9. The van der Waals surface area contributed by atoms with Gasteiger partial charge in [0.25, 0.3) is 0 Å². The number of unbranched alkanes of at least 4 members (excludes halogenated alkanes) is 20. The fraction of sp³-hybridized carbons (Fsp3) is 0.615. The molecule has 61 heavy (non-hydrogen) atoms. The topological polar surface area (TPSA) is 114 Å². The van der Waals surface area contributed by atoms with Gasteiger partial charge in [-0.1, -0.05) is 205 Å². The molecule has 0 saturated heterocycles. The number of hydrogen-bond acceptors (Lipinski definition) is 6. The van der Waals surface area contributed by atoms with Crippen LogP contribution in [0, 0.1) is 0 Å². The molecule has 4 aromatic carbocycles. The molecular weight excluding hydrogens is 922 g/mol. The molecule has 0 atom stereocenters. The largest absolute Gasteiger partial charge is 2.00 e. The summed E-state index contributed by atoms with van der Waals surface area (Å²) in [5.74, 6) is 0. The van der Waals surface area contributed by atoms with Gasteiger partial charge in [-0.15, -0.1) is 0 Å². The van der Waals surface area contributed by atoms with Crippen LogP contribution >= 0.6 is 0 Å². The Balaban J connectivity index is 0.000000413. The molecular formula is C52H78BaO6S2. The second kappa shape index (κ2) is 31.6. The normalized spacial score (nSPS) is 11.8. The molecule has 0 amide bonds. The third-order valence-electron chi connectivity index (χ3n) is 12.1. The molecule has 0 radical (unpaired) electrons. The van der Waals surface area contributed by atoms with Crippen LogP contribution in [0.3, 0.4) is 0 Å². The molecule has 6 nitrogen and oxygen atoms in total. The molecule has 0 saturated carbocycles. The molecule has 0 aromatic heterocycles. The van der Waals surface area contributed by atoms with E-state index in [2.05, 4.69) is 39.8 Å². The predicted molar refractivity (Wildman–Crippen MR) is 258 cm³/mol. The molecule has 0 fully saturated rings. The zero-order valence-electron chi connectivity index (χ0n) is 38.5. The minimum atomic E-state index is -4.50. The van der Waals surface area contributed by atoms with E-state index in [0.717, 1.165) is 86.1 Å². The van der Waals surface area contributed by atoms with Crippen LogP contribution in [-0.2, 0) is 45.9 Å². The van der Waals surface area contributed by atoms with Gasteiger partial charge in [0.2, 0.25) is 0 Å². The third kappa shape index (κ3) is 20.2. The van der Waals surface area contributed by atoms with E-state index in [0.29, 0.717) is 10.8 Å². The van der Waals surface area contributed by atoms with Crippen molar-refractivity contribution < 1.29 is 25.9 Å². The van der Waals surface area contributed by atoms with Crippen molar-refractivity contribution in [2.24, 2.45) is 0 Å². The first-order chi connectivity index (χ1) is 29.0. The molecule has 0 aliphatic heterocycles. The fourth-order valence-electron chi connectivity index (χ4n) is 8.73. The van der Waals surface area contributed by atoms with Crippen molar-refractivity contribution in [2.45, 2.75) is 217 Å². The van der Waals surface area contributed by atoms with E-state index in [1.807, 2.05) is 24.3 Å². The van der Waals surface area contributed by atoms with Crippen LogP contribution in [0.2, 0.25) is 0 Å². The van der Waals surface area contributed by atoms with Crippen molar-refractivity contribution in [3.63, 3.8) is 0 Å². The zero-order chi connectivity index (χ0) is 43.6. The molecule has 4 aromatic rings. The molecule has 4 rings (SSSR count). The Kier molecular flexibility index (Phi) is 29.0. The van der Waals surface area contributed by atoms with E-state index in [-0.39, 0.29) is 58.7 Å². The van der Waals surface area contributed by atoms with Gasteiger partial charge in [-0.2, -0.15) is 0 Å². The van der Waals surface area contributed by atoms with Crippen LogP contribution in [-0.4, -0.2) is 74.8 Å². The second-order valence-electron chi connectivity index (χ2n) is 17.1. The van der Waals surface area contributed by atoms with Crippen molar-refractivity contribution in [3.05, 3.63) is 82.9 Å². The van der Waals surface area contributed by atoms with Crippen LogP contribution in [0.5, 0.6) is 0 Å². The second-order valence-corrected chi connectivity index (χ2v) is 19.8. The summed E-state index contributed by atoms with van der Waals surface area (Å²) in [6.45, 7) is 8.89. The first-order valence-electron chi connectivity index (χ1n) is 24.0. The Hall–Kier alpha value is -1.21. The molecule has 336 valence electrons. The van der Waals surface area contributed by atoms with Gasteiger partial charge in [-0.25, -0.2) is 16.8 Å². The van der Waals surface area contributed by atoms with Crippen molar-refractivity contribution in [1.82, 2.24) is 0 Å². The Labute approximate surface area is 412 Å². The van der Waals surface area contributed by atoms with E-state index >= 15 is 0 Å². The van der Waals surface area contributed by atoms with Gasteiger partial charge in [-0.3, -0.25) is 0 Å². The average Bonchev–Trinajstić information content (AvgIpc) is 3.22. The van der Waals surface area contributed by atoms with Crippen LogP contribution in [0.15, 0.2) is 70.5 Å². The summed E-state index contributed by atoms with van der Waals surface area (Å²) >= 11 is 0. The van der Waals surface area contributed by atoms with Crippen molar-refractivity contribution in [1.29, 1.82) is 0 Å². The summed E-state index contributed by atoms with van der Waals surface area (Å²) in [5, 5.41) is 3.06. The van der Waals surface area contributed by atoms with E-state index in [9.17, 15) is 25.9 Å². The van der Waals surface area contributed by atoms with Gasteiger partial charge in [0.05, 0.1) is 9.79 Å². The summed E-state index contributed by atoms with van der Waals surface area (Å²) < 4.78 is 71.8. The molecule has 0 aliphatic rings. The maximum Gasteiger partial charge on any atom is 2.00 e. The van der Waals surface area contributed by atoms with Crippen LogP contribution in [0.1, 0.15) is 204 Å². The zero-order valence-corrected chi connectivity index (χ0v) is 44.6. The maximum absolute atomic E-state index is 12.0. The van der Waals surface area contributed by atoms with Gasteiger partial charge in [-0.05, 0) is 96.5 Å². The Morgan fingerprint density at radius 3 is 0.934 bits per heavy atom. The summed E-state index contributed by atoms with van der Waals surface area (Å²) in [7, 11) is -8.99. The van der Waals surface area contributed by atoms with Crippen LogP contribution in [0.25, 0.3) is 21.5 Å². The standard InChI is InChI=1S/2C26H40O3S.Ba/c2*1-3-5-7-9-11-13-16-22-20-21-23-17-15-19-25(30(27,28)29)26(23)24(22)18-14-12-10-8-6-4-2;/h2*15,17,19-21H,3-14,16,18H2,1-2H3,(H,27,28,29);/q;;+2/p-2. The van der Waals surface area contributed by atoms with Crippen molar-refractivity contribution in [2.75, 3.05) is 0 Å². The van der Waals surface area contributed by atoms with E-state index in [1.165, 1.54) is 139 Å². The minimum Gasteiger partial charge on any atom is -0.744 e. The number of aryl methyl sites for hydroxylation is 4. The van der Waals surface area contributed by atoms with Gasteiger partial charge in [0, 0.05) is 10.8 Å². The fourth-order valence-corrected chi connectivity index (χ4v) is 10.2. The SMILES string of the molecule is CCCCCCCCc1ccc2cccc(S(=O)(=O)[O-])c2c1CCCCCCCC.CCCCCCCCc1ccc2cccc(S(=O)(=O)[O-])c2c1CCCCCCCC.[Ba+2]. The first kappa shape index (κ1) is 55.9. The van der Waals surface area contributed by atoms with Gasteiger partial charge >= 0.3 is 48.9 Å². The van der Waals surface area contributed by atoms with Crippen LogP contribution < -0.4 is 0 Å². The number of fused-ring (bicyclic) bond motifs is 2. The Morgan fingerprint density at radius 1 is 0.361 bits per heavy atom. The molecule has 0 bridgehead atoms. The summed E-state index contributed by atoms with van der Waals surface area (Å²) in [6, 6.07) is 18.4. The summed E-state index contributed by atoms with van der Waals surface area (Å²) in [5.41, 5.74) is 4.63. The van der Waals surface area contributed by atoms with E-state index < -0.39 is 20.2 Å². The average molecular weight is 1000 g/mol. The Morgan fingerprint density at radius 2 is 0.639 bits per heavy atom. The van der Waals surface area contributed by atoms with E-state index in [4.69, 9.17) is 0 Å². The Bertz CT molecular complexity index is 1900. The smallest absolute Gasteiger partial charge is 0.744 e. The molecule has 0 N–H and O–H groups in total. The monoisotopic (exact) mass is 1000 g/mol.